The van der Waals surface area contributed by atoms with E-state index in [0.717, 1.165) is 0 Å². The lowest BCUT2D eigenvalue weighted by molar-refractivity contribution is -0.114. The van der Waals surface area contributed by atoms with Crippen LogP contribution in [0.2, 0.25) is 0 Å². The lowest BCUT2D eigenvalue weighted by Crippen LogP contribution is -2.54. The summed E-state index contributed by atoms with van der Waals surface area (Å²) in [5.74, 6) is 8.99. The molecule has 0 saturated carbocycles. The molecule has 190 valence electrons. The standard InChI is InChI=1S/C28H21N3O7/c1-13(32)27-19-6-4-2-3-5-7-20(34)28(27,38-27)17-11-18(33)22-23(24(17)31-19)25(36)15-9-8-14(30-21(35)12-29)10-16(15)26(22)37/h2-3,8-11,13,19-20,31-34H,12,29H2,1H3,(H,30,35). The molecule has 4 aliphatic rings. The highest BCUT2D eigenvalue weighted by atomic mass is 16.7. The molecule has 6 rings (SSSR count). The number of nitrogens with two attached hydrogens (primary N) is 1. The van der Waals surface area contributed by atoms with Crippen molar-refractivity contribution in [3.05, 3.63) is 64.2 Å². The molecule has 5 atom stereocenters. The minimum absolute atomic E-state index is 0.000813. The van der Waals surface area contributed by atoms with Gasteiger partial charge in [-0.25, -0.2) is 0 Å². The molecule has 0 radical (unpaired) electrons. The third kappa shape index (κ3) is 2.91. The molecule has 0 aromatic heterocycles. The molecule has 10 nitrogen and oxygen atoms in total. The first-order chi connectivity index (χ1) is 18.2. The number of carbonyl (C=O) groups excluding carboxylic acids is 3. The van der Waals surface area contributed by atoms with Gasteiger partial charge in [0.1, 0.15) is 11.8 Å². The van der Waals surface area contributed by atoms with Gasteiger partial charge < -0.3 is 36.4 Å². The van der Waals surface area contributed by atoms with Gasteiger partial charge in [-0.2, -0.15) is 0 Å². The fourth-order valence-corrected chi connectivity index (χ4v) is 5.73. The van der Waals surface area contributed by atoms with Gasteiger partial charge in [0.25, 0.3) is 0 Å². The monoisotopic (exact) mass is 511 g/mol. The molecule has 2 bridgehead atoms. The Balaban J connectivity index is 1.58. The molecule has 2 aliphatic carbocycles. The Bertz CT molecular complexity index is 1640. The Morgan fingerprint density at radius 3 is 2.58 bits per heavy atom. The number of hydrogen-bond acceptors (Lipinski definition) is 9. The minimum atomic E-state index is -1.63. The predicted octanol–water partition coefficient (Wildman–Crippen LogP) is 0.141. The Morgan fingerprint density at radius 2 is 1.87 bits per heavy atom. The minimum Gasteiger partial charge on any atom is -0.507 e. The molecule has 1 fully saturated rings. The average molecular weight is 511 g/mol. The molecule has 10 heteroatoms. The number of aliphatic hydroxyl groups is 2. The first-order valence-electron chi connectivity index (χ1n) is 11.8. The van der Waals surface area contributed by atoms with Crippen LogP contribution in [0.4, 0.5) is 11.4 Å². The molecule has 5 unspecified atom stereocenters. The highest BCUT2D eigenvalue weighted by molar-refractivity contribution is 6.31. The van der Waals surface area contributed by atoms with Gasteiger partial charge in [-0.15, -0.1) is 0 Å². The number of aliphatic hydroxyl groups excluding tert-OH is 2. The maximum absolute atomic E-state index is 13.8. The highest BCUT2D eigenvalue weighted by Gasteiger charge is 2.82. The summed E-state index contributed by atoms with van der Waals surface area (Å²) in [4.78, 5) is 39.2. The Morgan fingerprint density at radius 1 is 1.16 bits per heavy atom. The summed E-state index contributed by atoms with van der Waals surface area (Å²) in [6.45, 7) is 1.23. The number of amides is 1. The first-order valence-corrected chi connectivity index (χ1v) is 11.8. The van der Waals surface area contributed by atoms with E-state index in [1.807, 2.05) is 0 Å². The molecule has 2 aliphatic heterocycles. The van der Waals surface area contributed by atoms with Crippen LogP contribution >= 0.6 is 0 Å². The summed E-state index contributed by atoms with van der Waals surface area (Å²) >= 11 is 0. The maximum Gasteiger partial charge on any atom is 0.238 e. The lowest BCUT2D eigenvalue weighted by Gasteiger charge is -2.37. The van der Waals surface area contributed by atoms with Gasteiger partial charge in [0, 0.05) is 22.4 Å². The SMILES string of the molecule is CC(O)C12OC13c1cc(O)c4c(c1NC2C#CC=CC#CC3O)C(=O)c1ccc(NC(=O)CN)cc1C4=O. The van der Waals surface area contributed by atoms with Crippen molar-refractivity contribution in [2.75, 3.05) is 17.2 Å². The van der Waals surface area contributed by atoms with Crippen molar-refractivity contribution in [2.24, 2.45) is 5.73 Å². The van der Waals surface area contributed by atoms with Gasteiger partial charge in [-0.1, -0.05) is 23.7 Å². The highest BCUT2D eigenvalue weighted by Crippen LogP contribution is 2.67. The number of hydrogen-bond donors (Lipinski definition) is 6. The van der Waals surface area contributed by atoms with Crippen LogP contribution in [0, 0.1) is 23.7 Å². The summed E-state index contributed by atoms with van der Waals surface area (Å²) in [7, 11) is 0. The van der Waals surface area contributed by atoms with Crippen LogP contribution in [0.1, 0.15) is 44.3 Å². The zero-order valence-electron chi connectivity index (χ0n) is 20.0. The lowest BCUT2D eigenvalue weighted by atomic mass is 9.69. The van der Waals surface area contributed by atoms with Crippen molar-refractivity contribution in [2.45, 2.75) is 36.4 Å². The fourth-order valence-electron chi connectivity index (χ4n) is 5.73. The second kappa shape index (κ2) is 8.02. The topological polar surface area (TPSA) is 175 Å². The maximum atomic E-state index is 13.8. The number of epoxide rings is 1. The van der Waals surface area contributed by atoms with Gasteiger partial charge in [-0.05, 0) is 43.3 Å². The fraction of sp³-hybridized carbons (Fsp3) is 0.250. The third-order valence-electron chi connectivity index (χ3n) is 7.43. The number of phenols is 1. The van der Waals surface area contributed by atoms with E-state index in [1.165, 1.54) is 43.3 Å². The number of fused-ring (bicyclic) bond motifs is 4. The number of ketones is 2. The van der Waals surface area contributed by atoms with Crippen molar-refractivity contribution in [3.63, 3.8) is 0 Å². The van der Waals surface area contributed by atoms with E-state index in [9.17, 15) is 29.7 Å². The summed E-state index contributed by atoms with van der Waals surface area (Å²) < 4.78 is 6.14. The number of allylic oxidation sites excluding steroid dienone is 2. The summed E-state index contributed by atoms with van der Waals surface area (Å²) in [5, 5.41) is 38.8. The van der Waals surface area contributed by atoms with Gasteiger partial charge in [0.2, 0.25) is 5.91 Å². The Hall–Kier alpha value is -4.45. The largest absolute Gasteiger partial charge is 0.507 e. The zero-order valence-corrected chi connectivity index (χ0v) is 20.0. The summed E-state index contributed by atoms with van der Waals surface area (Å²) in [5.41, 5.74) is 2.59. The third-order valence-corrected chi connectivity index (χ3v) is 7.43. The number of rotatable bonds is 3. The van der Waals surface area contributed by atoms with E-state index in [2.05, 4.69) is 34.3 Å². The zero-order chi connectivity index (χ0) is 27.0. The number of phenolic OH excluding ortho intramolecular Hbond substituents is 1. The van der Waals surface area contributed by atoms with Gasteiger partial charge in [0.05, 0.1) is 29.5 Å². The Kier molecular flexibility index (Phi) is 5.05. The van der Waals surface area contributed by atoms with E-state index in [-0.39, 0.29) is 45.7 Å². The molecule has 7 N–H and O–H groups in total. The van der Waals surface area contributed by atoms with Crippen molar-refractivity contribution in [1.29, 1.82) is 0 Å². The van der Waals surface area contributed by atoms with E-state index in [1.54, 1.807) is 0 Å². The second-order valence-corrected chi connectivity index (χ2v) is 9.44. The number of ether oxygens (including phenoxy) is 1. The molecule has 2 heterocycles. The molecular weight excluding hydrogens is 490 g/mol. The summed E-state index contributed by atoms with van der Waals surface area (Å²) in [6, 6.07) is 4.59. The van der Waals surface area contributed by atoms with Crippen LogP contribution in [-0.2, 0) is 15.1 Å². The number of nitrogens with one attached hydrogen (secondary N) is 2. The molecule has 2 aromatic carbocycles. The van der Waals surface area contributed by atoms with Crippen LogP contribution < -0.4 is 16.4 Å². The number of anilines is 2. The van der Waals surface area contributed by atoms with Crippen LogP contribution in [-0.4, -0.2) is 63.2 Å². The average Bonchev–Trinajstić information content (AvgIpc) is 3.62. The van der Waals surface area contributed by atoms with Crippen molar-refractivity contribution >= 4 is 28.8 Å². The van der Waals surface area contributed by atoms with Crippen LogP contribution in [0.15, 0.2) is 36.4 Å². The molecule has 38 heavy (non-hydrogen) atoms. The van der Waals surface area contributed by atoms with Gasteiger partial charge in [0.15, 0.2) is 28.9 Å². The van der Waals surface area contributed by atoms with E-state index >= 15 is 0 Å². The molecule has 1 saturated heterocycles. The first kappa shape index (κ1) is 23.9. The van der Waals surface area contributed by atoms with Crippen molar-refractivity contribution < 1.29 is 34.4 Å². The van der Waals surface area contributed by atoms with Crippen LogP contribution in [0.5, 0.6) is 5.75 Å². The van der Waals surface area contributed by atoms with E-state index in [0.29, 0.717) is 0 Å². The molecule has 1 amide bonds. The number of benzene rings is 2. The van der Waals surface area contributed by atoms with Gasteiger partial charge in [-0.3, -0.25) is 14.4 Å². The van der Waals surface area contributed by atoms with E-state index in [4.69, 9.17) is 10.5 Å². The Labute approximate surface area is 216 Å². The normalized spacial score (nSPS) is 28.0. The molecular formula is C28H21N3O7. The number of carbonyl (C=O) groups is 3. The molecule has 2 aromatic rings. The van der Waals surface area contributed by atoms with Crippen molar-refractivity contribution in [3.8, 4) is 29.4 Å². The number of aromatic hydroxyl groups is 1. The van der Waals surface area contributed by atoms with Crippen LogP contribution in [0.3, 0.4) is 0 Å². The second-order valence-electron chi connectivity index (χ2n) is 9.44. The predicted molar refractivity (Wildman–Crippen MR) is 134 cm³/mol. The van der Waals surface area contributed by atoms with E-state index < -0.39 is 52.7 Å². The quantitative estimate of drug-likeness (QED) is 0.162. The van der Waals surface area contributed by atoms with Crippen LogP contribution in [0.25, 0.3) is 0 Å². The van der Waals surface area contributed by atoms with Crippen molar-refractivity contribution in [1.82, 2.24) is 0 Å². The summed E-state index contributed by atoms with van der Waals surface area (Å²) in [6.07, 6.45) is 0.355. The smallest absolute Gasteiger partial charge is 0.238 e. The molecule has 0 spiro atoms. The van der Waals surface area contributed by atoms with Gasteiger partial charge >= 0.3 is 0 Å².